The van der Waals surface area contributed by atoms with E-state index in [0.29, 0.717) is 30.6 Å². The van der Waals surface area contributed by atoms with Crippen LogP contribution >= 0.6 is 0 Å². The lowest BCUT2D eigenvalue weighted by Gasteiger charge is -2.18. The van der Waals surface area contributed by atoms with Crippen LogP contribution in [-0.2, 0) is 6.54 Å². The van der Waals surface area contributed by atoms with Gasteiger partial charge in [-0.1, -0.05) is 0 Å². The number of nitrogen functional groups attached to an aromatic ring is 1. The van der Waals surface area contributed by atoms with E-state index in [-0.39, 0.29) is 0 Å². The number of nitrogens with zero attached hydrogens (tertiary/aromatic N) is 3. The number of nitrogens with two attached hydrogens (primary N) is 1. The highest BCUT2D eigenvalue weighted by Crippen LogP contribution is 2.29. The average molecular weight is 256 g/mol. The molecule has 98 valence electrons. The van der Waals surface area contributed by atoms with Gasteiger partial charge >= 0.3 is 0 Å². The van der Waals surface area contributed by atoms with Gasteiger partial charge in [0.2, 0.25) is 5.89 Å². The molecule has 1 aromatic carbocycles. The number of benzene rings is 1. The van der Waals surface area contributed by atoms with E-state index >= 15 is 0 Å². The Morgan fingerprint density at radius 3 is 3.05 bits per heavy atom. The summed E-state index contributed by atoms with van der Waals surface area (Å²) in [6.45, 7) is 1.45. The summed E-state index contributed by atoms with van der Waals surface area (Å²) in [7, 11) is 0. The highest BCUT2D eigenvalue weighted by molar-refractivity contribution is 5.76. The van der Waals surface area contributed by atoms with Crippen LogP contribution in [0.5, 0.6) is 0 Å². The molecule has 1 saturated carbocycles. The van der Waals surface area contributed by atoms with Crippen LogP contribution in [0.25, 0.3) is 11.1 Å². The third kappa shape index (κ3) is 2.69. The van der Waals surface area contributed by atoms with Crippen molar-refractivity contribution in [3.8, 4) is 6.07 Å². The van der Waals surface area contributed by atoms with Crippen molar-refractivity contribution in [3.05, 3.63) is 24.1 Å². The largest absolute Gasteiger partial charge is 0.439 e. The normalized spacial score (nSPS) is 14.9. The SMILES string of the molecule is N#CCCN(Cc1nc2ccc(N)cc2o1)C1CC1. The highest BCUT2D eigenvalue weighted by atomic mass is 16.3. The molecule has 5 nitrogen and oxygen atoms in total. The maximum Gasteiger partial charge on any atom is 0.209 e. The fraction of sp³-hybridized carbons (Fsp3) is 0.429. The molecule has 0 amide bonds. The lowest BCUT2D eigenvalue weighted by atomic mass is 10.3. The number of hydrogen-bond donors (Lipinski definition) is 1. The molecule has 2 aromatic rings. The maximum absolute atomic E-state index is 8.70. The molecular weight excluding hydrogens is 240 g/mol. The lowest BCUT2D eigenvalue weighted by molar-refractivity contribution is 0.236. The first-order valence-electron chi connectivity index (χ1n) is 6.52. The van der Waals surface area contributed by atoms with Crippen LogP contribution in [0.2, 0.25) is 0 Å². The first-order chi connectivity index (χ1) is 9.26. The third-order valence-electron chi connectivity index (χ3n) is 3.37. The van der Waals surface area contributed by atoms with Crippen molar-refractivity contribution in [2.24, 2.45) is 0 Å². The first kappa shape index (κ1) is 12.0. The molecule has 1 fully saturated rings. The molecule has 3 rings (SSSR count). The highest BCUT2D eigenvalue weighted by Gasteiger charge is 2.29. The minimum absolute atomic E-state index is 0.545. The number of hydrogen-bond acceptors (Lipinski definition) is 5. The van der Waals surface area contributed by atoms with Gasteiger partial charge < -0.3 is 10.2 Å². The van der Waals surface area contributed by atoms with E-state index in [0.717, 1.165) is 17.6 Å². The number of oxazole rings is 1. The Morgan fingerprint density at radius 1 is 1.47 bits per heavy atom. The molecule has 0 aliphatic heterocycles. The van der Waals surface area contributed by atoms with E-state index in [1.54, 1.807) is 6.07 Å². The van der Waals surface area contributed by atoms with Crippen LogP contribution in [0.1, 0.15) is 25.2 Å². The van der Waals surface area contributed by atoms with Gasteiger partial charge in [-0.15, -0.1) is 0 Å². The van der Waals surface area contributed by atoms with Crippen molar-refractivity contribution in [1.82, 2.24) is 9.88 Å². The summed E-state index contributed by atoms with van der Waals surface area (Å²) in [6.07, 6.45) is 2.96. The van der Waals surface area contributed by atoms with Crippen LogP contribution in [0, 0.1) is 11.3 Å². The second-order valence-corrected chi connectivity index (χ2v) is 4.94. The molecule has 1 aromatic heterocycles. The molecule has 0 saturated heterocycles. The average Bonchev–Trinajstić information content (AvgIpc) is 3.15. The van der Waals surface area contributed by atoms with Gasteiger partial charge in [0.25, 0.3) is 0 Å². The lowest BCUT2D eigenvalue weighted by Crippen LogP contribution is -2.26. The summed E-state index contributed by atoms with van der Waals surface area (Å²) < 4.78 is 5.72. The summed E-state index contributed by atoms with van der Waals surface area (Å²) in [4.78, 5) is 6.74. The Labute approximate surface area is 111 Å². The Kier molecular flexibility index (Phi) is 3.10. The zero-order valence-corrected chi connectivity index (χ0v) is 10.7. The van der Waals surface area contributed by atoms with Gasteiger partial charge in [0.15, 0.2) is 5.58 Å². The molecule has 0 unspecified atom stereocenters. The molecule has 5 heteroatoms. The third-order valence-corrected chi connectivity index (χ3v) is 3.37. The molecule has 1 aliphatic carbocycles. The van der Waals surface area contributed by atoms with E-state index in [2.05, 4.69) is 16.0 Å². The second-order valence-electron chi connectivity index (χ2n) is 4.94. The summed E-state index contributed by atoms with van der Waals surface area (Å²) >= 11 is 0. The van der Waals surface area contributed by atoms with E-state index in [4.69, 9.17) is 15.4 Å². The quantitative estimate of drug-likeness (QED) is 0.830. The van der Waals surface area contributed by atoms with Crippen LogP contribution < -0.4 is 5.73 Å². The summed E-state index contributed by atoms with van der Waals surface area (Å²) in [5.74, 6) is 0.699. The Balaban J connectivity index is 1.77. The predicted molar refractivity (Wildman–Crippen MR) is 72.1 cm³/mol. The minimum atomic E-state index is 0.545. The van der Waals surface area contributed by atoms with E-state index in [1.165, 1.54) is 12.8 Å². The van der Waals surface area contributed by atoms with Gasteiger partial charge in [-0.2, -0.15) is 5.26 Å². The summed E-state index contributed by atoms with van der Waals surface area (Å²) in [5.41, 5.74) is 7.96. The summed E-state index contributed by atoms with van der Waals surface area (Å²) in [5, 5.41) is 8.70. The molecule has 19 heavy (non-hydrogen) atoms. The molecular formula is C14H16N4O. The second kappa shape index (κ2) is 4.90. The first-order valence-corrected chi connectivity index (χ1v) is 6.52. The summed E-state index contributed by atoms with van der Waals surface area (Å²) in [6, 6.07) is 8.27. The van der Waals surface area contributed by atoms with Gasteiger partial charge in [-0.05, 0) is 25.0 Å². The van der Waals surface area contributed by atoms with Crippen LogP contribution in [0.3, 0.4) is 0 Å². The predicted octanol–water partition coefficient (Wildman–Crippen LogP) is 2.29. The topological polar surface area (TPSA) is 79.1 Å². The zero-order chi connectivity index (χ0) is 13.2. The fourth-order valence-corrected chi connectivity index (χ4v) is 2.25. The Hall–Kier alpha value is -2.06. The number of nitriles is 1. The van der Waals surface area contributed by atoms with Crippen molar-refractivity contribution in [3.63, 3.8) is 0 Å². The molecule has 0 spiro atoms. The van der Waals surface area contributed by atoms with E-state index in [9.17, 15) is 0 Å². The van der Waals surface area contributed by atoms with E-state index in [1.807, 2.05) is 12.1 Å². The van der Waals surface area contributed by atoms with Gasteiger partial charge in [0.05, 0.1) is 12.6 Å². The number of fused-ring (bicyclic) bond motifs is 1. The standard InChI is InChI=1S/C14H16N4O/c15-6-1-7-18(11-3-4-11)9-14-17-12-5-2-10(16)8-13(12)19-14/h2,5,8,11H,1,3-4,7,9,16H2. The van der Waals surface area contributed by atoms with Crippen molar-refractivity contribution in [2.75, 3.05) is 12.3 Å². The van der Waals surface area contributed by atoms with E-state index < -0.39 is 0 Å². The molecule has 0 atom stereocenters. The van der Waals surface area contributed by atoms with Gasteiger partial charge in [0.1, 0.15) is 5.52 Å². The van der Waals surface area contributed by atoms with Crippen molar-refractivity contribution in [2.45, 2.75) is 31.8 Å². The van der Waals surface area contributed by atoms with Gasteiger partial charge in [0, 0.05) is 30.8 Å². The number of anilines is 1. The molecule has 1 heterocycles. The van der Waals surface area contributed by atoms with Crippen molar-refractivity contribution >= 4 is 16.8 Å². The number of aromatic nitrogens is 1. The fourth-order valence-electron chi connectivity index (χ4n) is 2.25. The van der Waals surface area contributed by atoms with Gasteiger partial charge in [-0.25, -0.2) is 4.98 Å². The zero-order valence-electron chi connectivity index (χ0n) is 10.7. The van der Waals surface area contributed by atoms with Crippen LogP contribution in [-0.4, -0.2) is 22.5 Å². The molecule has 1 aliphatic rings. The molecule has 0 radical (unpaired) electrons. The smallest absolute Gasteiger partial charge is 0.209 e. The molecule has 0 bridgehead atoms. The maximum atomic E-state index is 8.70. The monoisotopic (exact) mass is 256 g/mol. The minimum Gasteiger partial charge on any atom is -0.439 e. The van der Waals surface area contributed by atoms with Crippen LogP contribution in [0.15, 0.2) is 22.6 Å². The van der Waals surface area contributed by atoms with Crippen LogP contribution in [0.4, 0.5) is 5.69 Å². The van der Waals surface area contributed by atoms with Gasteiger partial charge in [-0.3, -0.25) is 4.90 Å². The Morgan fingerprint density at radius 2 is 2.32 bits per heavy atom. The number of rotatable bonds is 5. The van der Waals surface area contributed by atoms with Crippen molar-refractivity contribution < 1.29 is 4.42 Å². The Bertz CT molecular complexity index is 624. The molecule has 2 N–H and O–H groups in total. The van der Waals surface area contributed by atoms with Crippen molar-refractivity contribution in [1.29, 1.82) is 5.26 Å².